The van der Waals surface area contributed by atoms with E-state index in [0.717, 1.165) is 24.0 Å². The number of rotatable bonds is 8. The minimum atomic E-state index is -0.340. The van der Waals surface area contributed by atoms with E-state index in [1.807, 2.05) is 18.2 Å². The van der Waals surface area contributed by atoms with Gasteiger partial charge in [-0.05, 0) is 24.0 Å². The van der Waals surface area contributed by atoms with Crippen LogP contribution in [-0.2, 0) is 19.0 Å². The Balaban J connectivity index is 1.99. The molecule has 2 rings (SSSR count). The van der Waals surface area contributed by atoms with Crippen LogP contribution in [0.25, 0.3) is 6.08 Å². The summed E-state index contributed by atoms with van der Waals surface area (Å²) < 4.78 is 16.7. The number of hydrogen-bond donors (Lipinski definition) is 0. The quantitative estimate of drug-likeness (QED) is 0.538. The van der Waals surface area contributed by atoms with E-state index in [0.29, 0.717) is 6.61 Å². The fourth-order valence-electron chi connectivity index (χ4n) is 2.54. The molecule has 0 aliphatic carbocycles. The smallest absolute Gasteiger partial charge is 0.302 e. The van der Waals surface area contributed by atoms with Gasteiger partial charge in [-0.15, -0.1) is 0 Å². The summed E-state index contributed by atoms with van der Waals surface area (Å²) in [6.07, 6.45) is 6.06. The van der Waals surface area contributed by atoms with Gasteiger partial charge in [0.05, 0.1) is 6.61 Å². The first-order chi connectivity index (χ1) is 11.2. The molecule has 1 fully saturated rings. The second-order valence-corrected chi connectivity index (χ2v) is 5.81. The average Bonchev–Trinajstić information content (AvgIpc) is 3.02. The van der Waals surface area contributed by atoms with Gasteiger partial charge < -0.3 is 14.2 Å². The molecule has 4 nitrogen and oxygen atoms in total. The number of benzene rings is 1. The summed E-state index contributed by atoms with van der Waals surface area (Å²) in [5, 5.41) is 0. The summed E-state index contributed by atoms with van der Waals surface area (Å²) in [6.45, 7) is 4.30. The molecular formula is C19H26O4. The Labute approximate surface area is 138 Å². The third kappa shape index (κ3) is 6.16. The summed E-state index contributed by atoms with van der Waals surface area (Å²) in [4.78, 5) is 10.9. The van der Waals surface area contributed by atoms with Crippen LogP contribution in [0.1, 0.15) is 45.1 Å². The molecule has 1 aliphatic rings. The molecule has 1 aliphatic heterocycles. The molecule has 1 aromatic carbocycles. The maximum absolute atomic E-state index is 10.9. The lowest BCUT2D eigenvalue weighted by Crippen LogP contribution is -2.21. The van der Waals surface area contributed by atoms with Gasteiger partial charge in [0.1, 0.15) is 12.7 Å². The van der Waals surface area contributed by atoms with Crippen molar-refractivity contribution >= 4 is 12.0 Å². The fraction of sp³-hybridized carbons (Fsp3) is 0.526. The molecule has 0 radical (unpaired) electrons. The fourth-order valence-corrected chi connectivity index (χ4v) is 2.54. The van der Waals surface area contributed by atoms with Gasteiger partial charge >= 0.3 is 5.97 Å². The highest BCUT2D eigenvalue weighted by Gasteiger charge is 2.29. The highest BCUT2D eigenvalue weighted by atomic mass is 16.7. The van der Waals surface area contributed by atoms with Crippen LogP contribution in [0.5, 0.6) is 0 Å². The average molecular weight is 318 g/mol. The van der Waals surface area contributed by atoms with E-state index in [1.165, 1.54) is 19.8 Å². The van der Waals surface area contributed by atoms with E-state index in [1.54, 1.807) is 0 Å². The summed E-state index contributed by atoms with van der Waals surface area (Å²) in [5.74, 6) is -0.292. The molecule has 0 amide bonds. The van der Waals surface area contributed by atoms with Crippen LogP contribution in [0.15, 0.2) is 35.9 Å². The van der Waals surface area contributed by atoms with Crippen LogP contribution in [0.4, 0.5) is 0 Å². The van der Waals surface area contributed by atoms with Gasteiger partial charge in [-0.3, -0.25) is 4.79 Å². The van der Waals surface area contributed by atoms with Crippen molar-refractivity contribution in [3.05, 3.63) is 41.5 Å². The second kappa shape index (κ2) is 9.48. The SMILES string of the molecule is CCCCC/C(=C\c1ccccc1)[C@H]1OC[C@H](COC(C)=O)O1. The summed E-state index contributed by atoms with van der Waals surface area (Å²) >= 11 is 0. The first-order valence-electron chi connectivity index (χ1n) is 8.35. The van der Waals surface area contributed by atoms with Gasteiger partial charge in [0, 0.05) is 6.92 Å². The van der Waals surface area contributed by atoms with Gasteiger partial charge in [0.25, 0.3) is 0 Å². The van der Waals surface area contributed by atoms with Crippen molar-refractivity contribution in [3.8, 4) is 0 Å². The first kappa shape index (κ1) is 17.7. The highest BCUT2D eigenvalue weighted by Crippen LogP contribution is 2.25. The summed E-state index contributed by atoms with van der Waals surface area (Å²) in [7, 11) is 0. The Morgan fingerprint density at radius 1 is 1.30 bits per heavy atom. The van der Waals surface area contributed by atoms with E-state index in [2.05, 4.69) is 25.1 Å². The molecule has 0 unspecified atom stereocenters. The standard InChI is InChI=1S/C19H26O4/c1-3-4-6-11-17(12-16-9-7-5-8-10-16)19-22-14-18(23-19)13-21-15(2)20/h5,7-10,12,18-19H,3-4,6,11,13-14H2,1-2H3/b17-12+/t18-,19-/m0/s1. The zero-order chi connectivity index (χ0) is 16.5. The monoisotopic (exact) mass is 318 g/mol. The lowest BCUT2D eigenvalue weighted by atomic mass is 10.0. The van der Waals surface area contributed by atoms with Gasteiger partial charge in [-0.25, -0.2) is 0 Å². The van der Waals surface area contributed by atoms with Gasteiger partial charge in [-0.2, -0.15) is 0 Å². The van der Waals surface area contributed by atoms with Crippen molar-refractivity contribution < 1.29 is 19.0 Å². The molecule has 23 heavy (non-hydrogen) atoms. The van der Waals surface area contributed by atoms with Crippen molar-refractivity contribution in [3.63, 3.8) is 0 Å². The van der Waals surface area contributed by atoms with Gasteiger partial charge in [0.2, 0.25) is 0 Å². The maximum Gasteiger partial charge on any atom is 0.302 e. The molecule has 0 spiro atoms. The molecular weight excluding hydrogens is 292 g/mol. The van der Waals surface area contributed by atoms with Crippen LogP contribution < -0.4 is 0 Å². The summed E-state index contributed by atoms with van der Waals surface area (Å²) in [6, 6.07) is 10.2. The second-order valence-electron chi connectivity index (χ2n) is 5.81. The third-order valence-corrected chi connectivity index (χ3v) is 3.75. The topological polar surface area (TPSA) is 44.8 Å². The number of hydrogen-bond acceptors (Lipinski definition) is 4. The Morgan fingerprint density at radius 2 is 2.09 bits per heavy atom. The minimum absolute atomic E-state index is 0.186. The Kier molecular flexibility index (Phi) is 7.30. The molecule has 4 heteroatoms. The van der Waals surface area contributed by atoms with E-state index >= 15 is 0 Å². The van der Waals surface area contributed by atoms with Crippen LogP contribution in [0.2, 0.25) is 0 Å². The molecule has 1 saturated heterocycles. The molecule has 1 aromatic rings. The molecule has 0 saturated carbocycles. The van der Waals surface area contributed by atoms with Crippen LogP contribution in [-0.4, -0.2) is 31.6 Å². The number of ether oxygens (including phenoxy) is 3. The van der Waals surface area contributed by atoms with Crippen molar-refractivity contribution in [1.29, 1.82) is 0 Å². The van der Waals surface area contributed by atoms with Crippen molar-refractivity contribution in [2.75, 3.05) is 13.2 Å². The zero-order valence-corrected chi connectivity index (χ0v) is 14.0. The predicted octanol–water partition coefficient (Wildman–Crippen LogP) is 3.95. The Morgan fingerprint density at radius 3 is 2.78 bits per heavy atom. The molecule has 0 bridgehead atoms. The molecule has 126 valence electrons. The number of carbonyl (C=O) groups excluding carboxylic acids is 1. The van der Waals surface area contributed by atoms with Crippen LogP contribution in [0, 0.1) is 0 Å². The number of carbonyl (C=O) groups is 1. The van der Waals surface area contributed by atoms with Crippen molar-refractivity contribution in [2.45, 2.75) is 51.9 Å². The van der Waals surface area contributed by atoms with E-state index in [4.69, 9.17) is 14.2 Å². The largest absolute Gasteiger partial charge is 0.463 e. The minimum Gasteiger partial charge on any atom is -0.463 e. The molecule has 1 heterocycles. The summed E-state index contributed by atoms with van der Waals surface area (Å²) in [5.41, 5.74) is 2.30. The molecule has 2 atom stereocenters. The zero-order valence-electron chi connectivity index (χ0n) is 14.0. The van der Waals surface area contributed by atoms with E-state index < -0.39 is 0 Å². The number of esters is 1. The van der Waals surface area contributed by atoms with Gasteiger partial charge in [0.15, 0.2) is 6.29 Å². The van der Waals surface area contributed by atoms with Crippen LogP contribution >= 0.6 is 0 Å². The lowest BCUT2D eigenvalue weighted by Gasteiger charge is -2.16. The Bertz CT molecular complexity index is 509. The van der Waals surface area contributed by atoms with Gasteiger partial charge in [-0.1, -0.05) is 56.2 Å². The van der Waals surface area contributed by atoms with Crippen molar-refractivity contribution in [2.24, 2.45) is 0 Å². The molecule has 0 aromatic heterocycles. The number of unbranched alkanes of at least 4 members (excludes halogenated alkanes) is 2. The Hall–Kier alpha value is -1.65. The maximum atomic E-state index is 10.9. The first-order valence-corrected chi connectivity index (χ1v) is 8.35. The van der Waals surface area contributed by atoms with Crippen molar-refractivity contribution in [1.82, 2.24) is 0 Å². The molecule has 0 N–H and O–H groups in total. The lowest BCUT2D eigenvalue weighted by molar-refractivity contribution is -0.144. The highest BCUT2D eigenvalue weighted by molar-refractivity contribution is 5.65. The van der Waals surface area contributed by atoms with E-state index in [9.17, 15) is 4.79 Å². The third-order valence-electron chi connectivity index (χ3n) is 3.75. The van der Waals surface area contributed by atoms with Crippen LogP contribution in [0.3, 0.4) is 0 Å². The predicted molar refractivity (Wildman–Crippen MR) is 89.8 cm³/mol. The normalized spacial score (nSPS) is 21.4. The van der Waals surface area contributed by atoms with E-state index in [-0.39, 0.29) is 25.0 Å².